The molecule has 15 heavy (non-hydrogen) atoms. The number of nitrogens with one attached hydrogen (secondary N) is 2. The number of thiocarbonyl (C=S) groups is 1. The van der Waals surface area contributed by atoms with E-state index in [-0.39, 0.29) is 0 Å². The van der Waals surface area contributed by atoms with Gasteiger partial charge in [-0.3, -0.25) is 4.98 Å². The van der Waals surface area contributed by atoms with E-state index in [0.29, 0.717) is 5.11 Å². The van der Waals surface area contributed by atoms with Gasteiger partial charge in [-0.25, -0.2) is 0 Å². The van der Waals surface area contributed by atoms with Crippen LogP contribution >= 0.6 is 12.2 Å². The maximum Gasteiger partial charge on any atom is 0.170 e. The van der Waals surface area contributed by atoms with Crippen molar-refractivity contribution in [3.8, 4) is 0 Å². The molecule has 1 aromatic heterocycles. The molecule has 0 saturated heterocycles. The van der Waals surface area contributed by atoms with E-state index in [4.69, 9.17) is 12.2 Å². The Labute approximate surface area is 93.5 Å². The van der Waals surface area contributed by atoms with E-state index >= 15 is 0 Å². The summed E-state index contributed by atoms with van der Waals surface area (Å²) < 4.78 is 0. The van der Waals surface area contributed by atoms with Crippen molar-refractivity contribution in [2.75, 3.05) is 12.4 Å². The topological polar surface area (TPSA) is 37.0 Å². The first-order valence-corrected chi connectivity index (χ1v) is 5.04. The normalized spacial score (nSPS) is 9.93. The molecule has 1 aromatic carbocycles. The van der Waals surface area contributed by atoms with E-state index in [1.807, 2.05) is 30.3 Å². The second-order valence-corrected chi connectivity index (χ2v) is 3.53. The molecule has 0 aliphatic heterocycles. The van der Waals surface area contributed by atoms with Gasteiger partial charge in [0.2, 0.25) is 0 Å². The molecule has 76 valence electrons. The molecule has 2 aromatic rings. The number of nitrogens with zero attached hydrogens (tertiary/aromatic N) is 1. The number of hydrogen-bond donors (Lipinski definition) is 2. The molecule has 0 bridgehead atoms. The van der Waals surface area contributed by atoms with Crippen LogP contribution in [0.3, 0.4) is 0 Å². The first-order chi connectivity index (χ1) is 7.29. The highest BCUT2D eigenvalue weighted by Gasteiger charge is 1.97. The SMILES string of the molecule is CNC(=S)Nc1cnc2ccccc2c1. The highest BCUT2D eigenvalue weighted by atomic mass is 32.1. The van der Waals surface area contributed by atoms with Crippen LogP contribution in [-0.2, 0) is 0 Å². The quantitative estimate of drug-likeness (QED) is 0.718. The van der Waals surface area contributed by atoms with Crippen LogP contribution in [0.2, 0.25) is 0 Å². The van der Waals surface area contributed by atoms with Crippen molar-refractivity contribution in [3.05, 3.63) is 36.5 Å². The Morgan fingerprint density at radius 3 is 2.93 bits per heavy atom. The van der Waals surface area contributed by atoms with Crippen LogP contribution in [-0.4, -0.2) is 17.1 Å². The van der Waals surface area contributed by atoms with Gasteiger partial charge in [0, 0.05) is 12.4 Å². The number of fused-ring (bicyclic) bond motifs is 1. The predicted octanol–water partition coefficient (Wildman–Crippen LogP) is 2.15. The molecular weight excluding hydrogens is 206 g/mol. The maximum atomic E-state index is 5.01. The third-order valence-electron chi connectivity index (χ3n) is 2.08. The molecule has 0 aliphatic rings. The molecule has 0 aliphatic carbocycles. The zero-order valence-electron chi connectivity index (χ0n) is 8.32. The van der Waals surface area contributed by atoms with E-state index in [0.717, 1.165) is 16.6 Å². The molecule has 0 radical (unpaired) electrons. The lowest BCUT2D eigenvalue weighted by Crippen LogP contribution is -2.24. The van der Waals surface area contributed by atoms with Gasteiger partial charge < -0.3 is 10.6 Å². The Balaban J connectivity index is 2.34. The maximum absolute atomic E-state index is 5.01. The van der Waals surface area contributed by atoms with E-state index < -0.39 is 0 Å². The summed E-state index contributed by atoms with van der Waals surface area (Å²) in [6, 6.07) is 9.99. The van der Waals surface area contributed by atoms with E-state index in [2.05, 4.69) is 15.6 Å². The highest BCUT2D eigenvalue weighted by molar-refractivity contribution is 7.80. The van der Waals surface area contributed by atoms with Gasteiger partial charge in [0.15, 0.2) is 5.11 Å². The number of anilines is 1. The average Bonchev–Trinajstić information content (AvgIpc) is 2.29. The Morgan fingerprint density at radius 1 is 1.33 bits per heavy atom. The van der Waals surface area contributed by atoms with Crippen LogP contribution in [0.1, 0.15) is 0 Å². The summed E-state index contributed by atoms with van der Waals surface area (Å²) in [6.07, 6.45) is 1.77. The second-order valence-electron chi connectivity index (χ2n) is 3.12. The first-order valence-electron chi connectivity index (χ1n) is 4.63. The molecule has 1 heterocycles. The molecule has 0 amide bonds. The molecular formula is C11H11N3S. The lowest BCUT2D eigenvalue weighted by Gasteiger charge is -2.07. The average molecular weight is 217 g/mol. The molecule has 0 fully saturated rings. The number of aromatic nitrogens is 1. The van der Waals surface area contributed by atoms with E-state index in [9.17, 15) is 0 Å². The van der Waals surface area contributed by atoms with Crippen LogP contribution in [0.15, 0.2) is 36.5 Å². The van der Waals surface area contributed by atoms with Gasteiger partial charge in [-0.15, -0.1) is 0 Å². The first kappa shape index (κ1) is 9.86. The molecule has 0 atom stereocenters. The minimum Gasteiger partial charge on any atom is -0.366 e. The standard InChI is InChI=1S/C11H11N3S/c1-12-11(15)14-9-6-8-4-2-3-5-10(8)13-7-9/h2-7H,1H3,(H2,12,14,15). The van der Waals surface area contributed by atoms with Crippen molar-refractivity contribution in [2.24, 2.45) is 0 Å². The van der Waals surface area contributed by atoms with Gasteiger partial charge >= 0.3 is 0 Å². The number of hydrogen-bond acceptors (Lipinski definition) is 2. The highest BCUT2D eigenvalue weighted by Crippen LogP contribution is 2.15. The zero-order valence-corrected chi connectivity index (χ0v) is 9.14. The smallest absolute Gasteiger partial charge is 0.170 e. The Bertz CT molecular complexity index is 496. The zero-order chi connectivity index (χ0) is 10.7. The Hall–Kier alpha value is -1.68. The van der Waals surface area contributed by atoms with Crippen LogP contribution in [0.25, 0.3) is 10.9 Å². The molecule has 3 nitrogen and oxygen atoms in total. The molecule has 4 heteroatoms. The number of benzene rings is 1. The van der Waals surface area contributed by atoms with Crippen molar-refractivity contribution in [2.45, 2.75) is 0 Å². The summed E-state index contributed by atoms with van der Waals surface area (Å²) >= 11 is 5.01. The Morgan fingerprint density at radius 2 is 2.13 bits per heavy atom. The molecule has 2 rings (SSSR count). The van der Waals surface area contributed by atoms with Crippen molar-refractivity contribution in [1.82, 2.24) is 10.3 Å². The van der Waals surface area contributed by atoms with E-state index in [1.165, 1.54) is 0 Å². The molecule has 2 N–H and O–H groups in total. The summed E-state index contributed by atoms with van der Waals surface area (Å²) in [5.41, 5.74) is 1.88. The van der Waals surface area contributed by atoms with Crippen LogP contribution in [0.4, 0.5) is 5.69 Å². The fraction of sp³-hybridized carbons (Fsp3) is 0.0909. The fourth-order valence-electron chi connectivity index (χ4n) is 1.33. The number of pyridine rings is 1. The van der Waals surface area contributed by atoms with Gasteiger partial charge in [-0.05, 0) is 24.4 Å². The van der Waals surface area contributed by atoms with Crippen molar-refractivity contribution in [3.63, 3.8) is 0 Å². The van der Waals surface area contributed by atoms with Gasteiger partial charge in [-0.1, -0.05) is 18.2 Å². The van der Waals surface area contributed by atoms with Gasteiger partial charge in [0.05, 0.1) is 17.4 Å². The minimum atomic E-state index is 0.590. The van der Waals surface area contributed by atoms with Crippen molar-refractivity contribution < 1.29 is 0 Å². The molecule has 0 saturated carbocycles. The summed E-state index contributed by atoms with van der Waals surface area (Å²) in [5.74, 6) is 0. The van der Waals surface area contributed by atoms with Crippen LogP contribution in [0, 0.1) is 0 Å². The third-order valence-corrected chi connectivity index (χ3v) is 2.38. The van der Waals surface area contributed by atoms with Gasteiger partial charge in [0.1, 0.15) is 0 Å². The monoisotopic (exact) mass is 217 g/mol. The largest absolute Gasteiger partial charge is 0.366 e. The van der Waals surface area contributed by atoms with Crippen LogP contribution < -0.4 is 10.6 Å². The molecule has 0 unspecified atom stereocenters. The van der Waals surface area contributed by atoms with Crippen molar-refractivity contribution in [1.29, 1.82) is 0 Å². The minimum absolute atomic E-state index is 0.590. The fourth-order valence-corrected chi connectivity index (χ4v) is 1.45. The summed E-state index contributed by atoms with van der Waals surface area (Å²) in [7, 11) is 1.78. The van der Waals surface area contributed by atoms with Crippen molar-refractivity contribution >= 4 is 33.9 Å². The molecule has 0 spiro atoms. The van der Waals surface area contributed by atoms with Gasteiger partial charge in [0.25, 0.3) is 0 Å². The third kappa shape index (κ3) is 2.22. The van der Waals surface area contributed by atoms with Crippen LogP contribution in [0.5, 0.6) is 0 Å². The number of para-hydroxylation sites is 1. The number of rotatable bonds is 1. The van der Waals surface area contributed by atoms with E-state index in [1.54, 1.807) is 13.2 Å². The second kappa shape index (κ2) is 4.23. The predicted molar refractivity (Wildman–Crippen MR) is 67.0 cm³/mol. The summed E-state index contributed by atoms with van der Waals surface area (Å²) in [4.78, 5) is 4.32. The lowest BCUT2D eigenvalue weighted by atomic mass is 10.2. The lowest BCUT2D eigenvalue weighted by molar-refractivity contribution is 1.19. The summed E-state index contributed by atoms with van der Waals surface area (Å²) in [5, 5.41) is 7.58. The van der Waals surface area contributed by atoms with Gasteiger partial charge in [-0.2, -0.15) is 0 Å². The summed E-state index contributed by atoms with van der Waals surface area (Å²) in [6.45, 7) is 0. The Kier molecular flexibility index (Phi) is 2.78.